The minimum atomic E-state index is -0.519. The molecule has 2 aromatic carbocycles. The maximum atomic E-state index is 11.5. The van der Waals surface area contributed by atoms with Crippen molar-refractivity contribution in [2.75, 3.05) is 12.4 Å². The molecule has 0 aliphatic carbocycles. The van der Waals surface area contributed by atoms with Crippen molar-refractivity contribution in [2.24, 2.45) is 0 Å². The lowest BCUT2D eigenvalue weighted by molar-refractivity contribution is -0.109. The molecular formula is C20H19N3O3. The molecule has 1 heterocycles. The van der Waals surface area contributed by atoms with Crippen LogP contribution in [-0.4, -0.2) is 29.5 Å². The van der Waals surface area contributed by atoms with Gasteiger partial charge in [0.1, 0.15) is 12.1 Å². The van der Waals surface area contributed by atoms with Crippen LogP contribution in [0.1, 0.15) is 17.3 Å². The first-order valence-electron chi connectivity index (χ1n) is 8.19. The summed E-state index contributed by atoms with van der Waals surface area (Å²) in [5.74, 6) is 0.307. The number of aromatic nitrogens is 2. The van der Waals surface area contributed by atoms with Crippen LogP contribution in [0.5, 0.6) is 0 Å². The number of amides is 1. The first kappa shape index (κ1) is 17.4. The molecule has 2 N–H and O–H groups in total. The van der Waals surface area contributed by atoms with E-state index in [2.05, 4.69) is 20.0 Å². The minimum Gasteiger partial charge on any atom is -0.453 e. The predicted octanol–water partition coefficient (Wildman–Crippen LogP) is 3.78. The van der Waals surface area contributed by atoms with Crippen molar-refractivity contribution in [3.05, 3.63) is 72.2 Å². The van der Waals surface area contributed by atoms with E-state index < -0.39 is 6.09 Å². The zero-order valence-corrected chi connectivity index (χ0v) is 14.3. The van der Waals surface area contributed by atoms with Crippen LogP contribution >= 0.6 is 0 Å². The average molecular weight is 349 g/mol. The summed E-state index contributed by atoms with van der Waals surface area (Å²) in [5, 5.41) is 2.59. The smallest absolute Gasteiger partial charge is 0.411 e. The lowest BCUT2D eigenvalue weighted by atomic mass is 10.0. The fourth-order valence-corrected chi connectivity index (χ4v) is 2.64. The molecule has 0 spiro atoms. The van der Waals surface area contributed by atoms with E-state index in [0.29, 0.717) is 17.9 Å². The van der Waals surface area contributed by atoms with Gasteiger partial charge in [-0.3, -0.25) is 5.32 Å². The highest BCUT2D eigenvalue weighted by Gasteiger charge is 2.16. The number of carbonyl (C=O) groups excluding carboxylic acids is 2. The maximum Gasteiger partial charge on any atom is 0.411 e. The molecule has 1 aromatic heterocycles. The van der Waals surface area contributed by atoms with E-state index >= 15 is 0 Å². The summed E-state index contributed by atoms with van der Waals surface area (Å²) in [6.07, 6.45) is 2.77. The molecule has 6 heteroatoms. The van der Waals surface area contributed by atoms with Gasteiger partial charge in [-0.2, -0.15) is 0 Å². The maximum absolute atomic E-state index is 11.5. The third kappa shape index (κ3) is 4.16. The zero-order valence-electron chi connectivity index (χ0n) is 14.3. The van der Waals surface area contributed by atoms with Gasteiger partial charge in [0.05, 0.1) is 18.7 Å². The van der Waals surface area contributed by atoms with Crippen LogP contribution in [0.4, 0.5) is 10.5 Å². The van der Waals surface area contributed by atoms with E-state index in [0.717, 1.165) is 23.1 Å². The molecule has 132 valence electrons. The Morgan fingerprint density at radius 3 is 2.58 bits per heavy atom. The molecule has 0 radical (unpaired) electrons. The van der Waals surface area contributed by atoms with Crippen LogP contribution in [0.3, 0.4) is 0 Å². The van der Waals surface area contributed by atoms with E-state index in [1.807, 2.05) is 42.5 Å². The summed E-state index contributed by atoms with van der Waals surface area (Å²) in [7, 11) is 1.31. The Morgan fingerprint density at radius 2 is 1.92 bits per heavy atom. The monoisotopic (exact) mass is 349 g/mol. The molecule has 0 saturated heterocycles. The highest BCUT2D eigenvalue weighted by molar-refractivity contribution is 5.84. The van der Waals surface area contributed by atoms with Crippen molar-refractivity contribution in [3.63, 3.8) is 0 Å². The van der Waals surface area contributed by atoms with E-state index in [1.165, 1.54) is 7.11 Å². The highest BCUT2D eigenvalue weighted by Crippen LogP contribution is 2.23. The lowest BCUT2D eigenvalue weighted by Crippen LogP contribution is -2.10. The summed E-state index contributed by atoms with van der Waals surface area (Å²) in [5.41, 5.74) is 3.34. The van der Waals surface area contributed by atoms with Gasteiger partial charge in [0, 0.05) is 17.4 Å². The number of nitrogens with zero attached hydrogens (tertiary/aromatic N) is 1. The molecule has 1 unspecified atom stereocenters. The Labute approximate surface area is 151 Å². The van der Waals surface area contributed by atoms with Gasteiger partial charge in [0.15, 0.2) is 0 Å². The number of aldehydes is 1. The number of hydrogen-bond acceptors (Lipinski definition) is 4. The fourth-order valence-electron chi connectivity index (χ4n) is 2.64. The second kappa shape index (κ2) is 8.11. The number of ether oxygens (including phenoxy) is 1. The molecule has 0 saturated carbocycles. The number of benzene rings is 2. The normalized spacial score (nSPS) is 11.6. The van der Waals surface area contributed by atoms with E-state index in [4.69, 9.17) is 0 Å². The molecule has 3 aromatic rings. The van der Waals surface area contributed by atoms with Gasteiger partial charge >= 0.3 is 6.09 Å². The van der Waals surface area contributed by atoms with Crippen LogP contribution in [0, 0.1) is 0 Å². The van der Waals surface area contributed by atoms with Crippen molar-refractivity contribution < 1.29 is 14.3 Å². The average Bonchev–Trinajstić information content (AvgIpc) is 3.17. The number of carbonyl (C=O) groups is 2. The Hall–Kier alpha value is -3.41. The number of H-pyrrole nitrogens is 1. The molecule has 1 atom stereocenters. The molecule has 0 aliphatic heterocycles. The van der Waals surface area contributed by atoms with Gasteiger partial charge in [-0.15, -0.1) is 0 Å². The molecule has 26 heavy (non-hydrogen) atoms. The standard InChI is InChI=1S/C20H19N3O3/c1-26-20(25)22-17-9-7-15(8-10-17)18-12-21-19(23-18)16(13-24)11-14-5-3-2-4-6-14/h2-10,12-13,16H,11H2,1H3,(H,21,23)(H,22,25). The Bertz CT molecular complexity index is 873. The fraction of sp³-hybridized carbons (Fsp3) is 0.150. The van der Waals surface area contributed by atoms with Crippen LogP contribution in [-0.2, 0) is 16.0 Å². The summed E-state index contributed by atoms with van der Waals surface area (Å²) >= 11 is 0. The number of hydrogen-bond donors (Lipinski definition) is 2. The largest absolute Gasteiger partial charge is 0.453 e. The summed E-state index contributed by atoms with van der Waals surface area (Å²) < 4.78 is 4.56. The zero-order chi connectivity index (χ0) is 18.4. The third-order valence-corrected chi connectivity index (χ3v) is 4.02. The van der Waals surface area contributed by atoms with Gasteiger partial charge < -0.3 is 14.5 Å². The Morgan fingerprint density at radius 1 is 1.19 bits per heavy atom. The van der Waals surface area contributed by atoms with Crippen molar-refractivity contribution in [1.29, 1.82) is 0 Å². The number of methoxy groups -OCH3 is 1. The van der Waals surface area contributed by atoms with Crippen molar-refractivity contribution >= 4 is 18.1 Å². The molecule has 3 rings (SSSR count). The van der Waals surface area contributed by atoms with Crippen molar-refractivity contribution in [2.45, 2.75) is 12.3 Å². The van der Waals surface area contributed by atoms with Crippen LogP contribution in [0.25, 0.3) is 11.3 Å². The minimum absolute atomic E-state index is 0.327. The van der Waals surface area contributed by atoms with Gasteiger partial charge in [0.2, 0.25) is 0 Å². The number of rotatable bonds is 6. The summed E-state index contributed by atoms with van der Waals surface area (Å²) in [6, 6.07) is 17.1. The SMILES string of the molecule is COC(=O)Nc1ccc(-c2c[nH]c(C(C=O)Cc3ccccc3)n2)cc1. The van der Waals surface area contributed by atoms with Gasteiger partial charge in [0.25, 0.3) is 0 Å². The van der Waals surface area contributed by atoms with E-state index in [-0.39, 0.29) is 5.92 Å². The van der Waals surface area contributed by atoms with Gasteiger partial charge in [-0.1, -0.05) is 42.5 Å². The van der Waals surface area contributed by atoms with Crippen LogP contribution < -0.4 is 5.32 Å². The van der Waals surface area contributed by atoms with Gasteiger partial charge in [-0.05, 0) is 24.1 Å². The van der Waals surface area contributed by atoms with Gasteiger partial charge in [-0.25, -0.2) is 9.78 Å². The number of nitrogens with one attached hydrogen (secondary N) is 2. The van der Waals surface area contributed by atoms with Crippen molar-refractivity contribution in [1.82, 2.24) is 9.97 Å². The number of imidazole rings is 1. The van der Waals surface area contributed by atoms with Crippen molar-refractivity contribution in [3.8, 4) is 11.3 Å². The number of aromatic amines is 1. The second-order valence-electron chi connectivity index (χ2n) is 5.80. The summed E-state index contributed by atoms with van der Waals surface area (Å²) in [6.45, 7) is 0. The molecule has 0 bridgehead atoms. The van der Waals surface area contributed by atoms with E-state index in [1.54, 1.807) is 18.3 Å². The quantitative estimate of drug-likeness (QED) is 0.663. The first-order chi connectivity index (χ1) is 12.7. The van der Waals surface area contributed by atoms with E-state index in [9.17, 15) is 9.59 Å². The summed E-state index contributed by atoms with van der Waals surface area (Å²) in [4.78, 5) is 30.4. The highest BCUT2D eigenvalue weighted by atomic mass is 16.5. The second-order valence-corrected chi connectivity index (χ2v) is 5.80. The van der Waals surface area contributed by atoms with Crippen LogP contribution in [0.2, 0.25) is 0 Å². The topological polar surface area (TPSA) is 84.1 Å². The molecule has 0 aliphatic rings. The molecule has 6 nitrogen and oxygen atoms in total. The number of anilines is 1. The Kier molecular flexibility index (Phi) is 5.43. The lowest BCUT2D eigenvalue weighted by Gasteiger charge is -2.07. The Balaban J connectivity index is 1.74. The van der Waals surface area contributed by atoms with Crippen LogP contribution in [0.15, 0.2) is 60.8 Å². The third-order valence-electron chi connectivity index (χ3n) is 4.02. The predicted molar refractivity (Wildman–Crippen MR) is 99.0 cm³/mol. The molecule has 1 amide bonds. The molecule has 0 fully saturated rings. The first-order valence-corrected chi connectivity index (χ1v) is 8.19. The molecular weight excluding hydrogens is 330 g/mol.